The minimum absolute atomic E-state index is 0.000788. The van der Waals surface area contributed by atoms with Crippen LogP contribution in [0.15, 0.2) is 52.3 Å². The average Bonchev–Trinajstić information content (AvgIpc) is 2.96. The molecule has 1 aliphatic heterocycles. The fourth-order valence-electron chi connectivity index (χ4n) is 3.29. The van der Waals surface area contributed by atoms with Crippen LogP contribution < -0.4 is 19.8 Å². The molecule has 0 atom stereocenters. The molecule has 1 aliphatic rings. The van der Waals surface area contributed by atoms with Crippen LogP contribution in [0.2, 0.25) is 0 Å². The molecule has 3 aromatic rings. The first-order valence-electron chi connectivity index (χ1n) is 8.74. The standard InChI is InChI=1S/C20H18N4O3S/c1-13-6-14(2)8-17(7-13)22-11-21-20-23(12-22)19(25)18(28-20)10-15-4-3-5-16(9-15)24(26)27/h3-10H,11-12H2,1-2H3/b18-10-. The van der Waals surface area contributed by atoms with Crippen LogP contribution in [0.3, 0.4) is 0 Å². The van der Waals surface area contributed by atoms with Crippen molar-refractivity contribution in [3.63, 3.8) is 0 Å². The number of nitrogens with zero attached hydrogens (tertiary/aromatic N) is 4. The number of anilines is 1. The first-order valence-corrected chi connectivity index (χ1v) is 9.56. The Morgan fingerprint density at radius 2 is 1.93 bits per heavy atom. The first kappa shape index (κ1) is 18.1. The number of fused-ring (bicyclic) bond motifs is 1. The third-order valence-corrected chi connectivity index (χ3v) is 5.57. The van der Waals surface area contributed by atoms with Crippen LogP contribution in [0.5, 0.6) is 0 Å². The van der Waals surface area contributed by atoms with Gasteiger partial charge >= 0.3 is 0 Å². The zero-order chi connectivity index (χ0) is 19.8. The number of hydrogen-bond acceptors (Lipinski definition) is 6. The van der Waals surface area contributed by atoms with Crippen molar-refractivity contribution >= 4 is 28.8 Å². The van der Waals surface area contributed by atoms with Gasteiger partial charge in [0.05, 0.1) is 9.46 Å². The molecular weight excluding hydrogens is 376 g/mol. The van der Waals surface area contributed by atoms with E-state index in [-0.39, 0.29) is 11.2 Å². The molecule has 8 heteroatoms. The molecule has 0 bridgehead atoms. The van der Waals surface area contributed by atoms with Crippen molar-refractivity contribution in [2.24, 2.45) is 4.99 Å². The summed E-state index contributed by atoms with van der Waals surface area (Å²) in [5.41, 5.74) is 3.85. The van der Waals surface area contributed by atoms with Crippen LogP contribution in [-0.2, 0) is 6.67 Å². The van der Waals surface area contributed by atoms with Gasteiger partial charge in [-0.2, -0.15) is 0 Å². The third kappa shape index (κ3) is 3.46. The molecule has 0 N–H and O–H groups in total. The lowest BCUT2D eigenvalue weighted by molar-refractivity contribution is -0.384. The summed E-state index contributed by atoms with van der Waals surface area (Å²) < 4.78 is 2.16. The molecule has 28 heavy (non-hydrogen) atoms. The van der Waals surface area contributed by atoms with Gasteiger partial charge in [-0.15, -0.1) is 0 Å². The minimum Gasteiger partial charge on any atom is -0.334 e. The van der Waals surface area contributed by atoms with E-state index in [9.17, 15) is 14.9 Å². The molecule has 0 saturated carbocycles. The zero-order valence-corrected chi connectivity index (χ0v) is 16.3. The number of nitro groups is 1. The van der Waals surface area contributed by atoms with Crippen molar-refractivity contribution in [1.29, 1.82) is 0 Å². The van der Waals surface area contributed by atoms with Crippen LogP contribution in [0.25, 0.3) is 6.08 Å². The molecule has 7 nitrogen and oxygen atoms in total. The Labute approximate surface area is 164 Å². The summed E-state index contributed by atoms with van der Waals surface area (Å²) in [5, 5.41) is 11.0. The van der Waals surface area contributed by atoms with Crippen molar-refractivity contribution in [1.82, 2.24) is 4.57 Å². The predicted octanol–water partition coefficient (Wildman–Crippen LogP) is 2.32. The molecule has 2 heterocycles. The van der Waals surface area contributed by atoms with Crippen molar-refractivity contribution in [2.45, 2.75) is 20.5 Å². The molecule has 0 spiro atoms. The highest BCUT2D eigenvalue weighted by Crippen LogP contribution is 2.20. The lowest BCUT2D eigenvalue weighted by Gasteiger charge is -2.26. The summed E-state index contributed by atoms with van der Waals surface area (Å²) >= 11 is 1.31. The number of hydrogen-bond donors (Lipinski definition) is 0. The van der Waals surface area contributed by atoms with E-state index < -0.39 is 4.92 Å². The van der Waals surface area contributed by atoms with Crippen LogP contribution in [-0.4, -0.2) is 16.2 Å². The molecular formula is C20H18N4O3S. The van der Waals surface area contributed by atoms with Crippen LogP contribution in [0, 0.1) is 24.0 Å². The highest BCUT2D eigenvalue weighted by molar-refractivity contribution is 7.07. The zero-order valence-electron chi connectivity index (χ0n) is 15.5. The summed E-state index contributed by atoms with van der Waals surface area (Å²) in [7, 11) is 0. The number of aromatic nitrogens is 1. The van der Waals surface area contributed by atoms with E-state index in [2.05, 4.69) is 28.1 Å². The SMILES string of the molecule is Cc1cc(C)cc(N2CN=c3s/c(=C\c4cccc([N+](=O)[O-])c4)c(=O)n3C2)c1. The molecule has 0 radical (unpaired) electrons. The molecule has 0 amide bonds. The van der Waals surface area contributed by atoms with E-state index in [0.29, 0.717) is 28.2 Å². The maximum Gasteiger partial charge on any atom is 0.271 e. The summed E-state index contributed by atoms with van der Waals surface area (Å²) in [6.45, 7) is 5.01. The fraction of sp³-hybridized carbons (Fsp3) is 0.200. The Balaban J connectivity index is 1.72. The molecule has 2 aromatic carbocycles. The topological polar surface area (TPSA) is 80.7 Å². The minimum atomic E-state index is -0.444. The Bertz CT molecular complexity index is 1240. The second-order valence-corrected chi connectivity index (χ2v) is 7.81. The largest absolute Gasteiger partial charge is 0.334 e. The van der Waals surface area contributed by atoms with Gasteiger partial charge in [0.25, 0.3) is 11.2 Å². The van der Waals surface area contributed by atoms with Crippen LogP contribution in [0.4, 0.5) is 11.4 Å². The lowest BCUT2D eigenvalue weighted by Crippen LogP contribution is -2.42. The molecule has 1 aromatic heterocycles. The van der Waals surface area contributed by atoms with Gasteiger partial charge in [0.1, 0.15) is 13.3 Å². The number of nitro benzene ring substituents is 1. The van der Waals surface area contributed by atoms with Crippen molar-refractivity contribution in [2.75, 3.05) is 11.6 Å². The summed E-state index contributed by atoms with van der Waals surface area (Å²) in [6.07, 6.45) is 1.68. The first-order chi connectivity index (χ1) is 13.4. The second-order valence-electron chi connectivity index (χ2n) is 6.81. The number of thiazole rings is 1. The van der Waals surface area contributed by atoms with Gasteiger partial charge < -0.3 is 4.90 Å². The van der Waals surface area contributed by atoms with E-state index in [0.717, 1.165) is 16.8 Å². The molecule has 142 valence electrons. The normalized spacial score (nSPS) is 13.9. The fourth-order valence-corrected chi connectivity index (χ4v) is 4.25. The third-order valence-electron chi connectivity index (χ3n) is 4.53. The summed E-state index contributed by atoms with van der Waals surface area (Å²) in [6, 6.07) is 12.5. The number of non-ortho nitro benzene ring substituents is 1. The van der Waals surface area contributed by atoms with Gasteiger partial charge in [0, 0.05) is 17.8 Å². The molecule has 0 aliphatic carbocycles. The van der Waals surface area contributed by atoms with Crippen LogP contribution >= 0.6 is 11.3 Å². The molecule has 0 fully saturated rings. The molecule has 0 saturated heterocycles. The summed E-state index contributed by atoms with van der Waals surface area (Å²) in [4.78, 5) is 30.7. The highest BCUT2D eigenvalue weighted by atomic mass is 32.1. The number of aryl methyl sites for hydroxylation is 2. The van der Waals surface area contributed by atoms with E-state index in [1.807, 2.05) is 13.8 Å². The quantitative estimate of drug-likeness (QED) is 0.504. The second kappa shape index (κ2) is 7.05. The predicted molar refractivity (Wildman–Crippen MR) is 109 cm³/mol. The van der Waals surface area contributed by atoms with Crippen molar-refractivity contribution in [3.05, 3.63) is 89.0 Å². The van der Waals surface area contributed by atoms with Crippen molar-refractivity contribution in [3.8, 4) is 0 Å². The Kier molecular flexibility index (Phi) is 4.56. The number of rotatable bonds is 3. The maximum atomic E-state index is 12.9. The van der Waals surface area contributed by atoms with Crippen molar-refractivity contribution < 1.29 is 4.92 Å². The van der Waals surface area contributed by atoms with Gasteiger partial charge in [-0.3, -0.25) is 19.5 Å². The smallest absolute Gasteiger partial charge is 0.271 e. The summed E-state index contributed by atoms with van der Waals surface area (Å²) in [5.74, 6) is 0. The average molecular weight is 394 g/mol. The number of benzene rings is 2. The van der Waals surface area contributed by atoms with Gasteiger partial charge in [-0.25, -0.2) is 4.99 Å². The highest BCUT2D eigenvalue weighted by Gasteiger charge is 2.16. The van der Waals surface area contributed by atoms with Gasteiger partial charge in [-0.05, 0) is 48.7 Å². The molecule has 0 unspecified atom stereocenters. The van der Waals surface area contributed by atoms with Crippen LogP contribution in [0.1, 0.15) is 16.7 Å². The van der Waals surface area contributed by atoms with Gasteiger partial charge in [0.15, 0.2) is 4.80 Å². The van der Waals surface area contributed by atoms with Gasteiger partial charge in [0.2, 0.25) is 0 Å². The molecule has 4 rings (SSSR count). The lowest BCUT2D eigenvalue weighted by atomic mass is 10.1. The van der Waals surface area contributed by atoms with E-state index in [1.54, 1.807) is 22.8 Å². The van der Waals surface area contributed by atoms with E-state index in [4.69, 9.17) is 0 Å². The maximum absolute atomic E-state index is 12.9. The van der Waals surface area contributed by atoms with E-state index >= 15 is 0 Å². The Morgan fingerprint density at radius 1 is 1.18 bits per heavy atom. The Hall–Kier alpha value is -3.26. The van der Waals surface area contributed by atoms with Gasteiger partial charge in [-0.1, -0.05) is 29.5 Å². The van der Waals surface area contributed by atoms with E-state index in [1.165, 1.54) is 23.5 Å². The Morgan fingerprint density at radius 3 is 2.64 bits per heavy atom. The monoisotopic (exact) mass is 394 g/mol.